The van der Waals surface area contributed by atoms with Crippen LogP contribution >= 0.6 is 0 Å². The first-order valence-electron chi connectivity index (χ1n) is 5.66. The maximum absolute atomic E-state index is 13.6. The van der Waals surface area contributed by atoms with Crippen molar-refractivity contribution in [2.45, 2.75) is 13.0 Å². The Labute approximate surface area is 112 Å². The number of aliphatic hydroxyl groups is 1. The number of benzene rings is 2. The van der Waals surface area contributed by atoms with E-state index in [1.54, 1.807) is 0 Å². The number of rotatable bonds is 4. The molecule has 2 nitrogen and oxygen atoms in total. The minimum absolute atomic E-state index is 0.0497. The van der Waals surface area contributed by atoms with Crippen LogP contribution in [0.25, 0.3) is 0 Å². The summed E-state index contributed by atoms with van der Waals surface area (Å²) in [5.41, 5.74) is -0.260. The lowest BCUT2D eigenvalue weighted by Crippen LogP contribution is -1.96. The molecule has 0 aliphatic carbocycles. The maximum atomic E-state index is 13.6. The zero-order valence-electron chi connectivity index (χ0n) is 10.1. The number of hydrogen-bond acceptors (Lipinski definition) is 2. The monoisotopic (exact) mass is 286 g/mol. The Balaban J connectivity index is 2.32. The molecule has 0 spiro atoms. The highest BCUT2D eigenvalue weighted by Gasteiger charge is 2.15. The Morgan fingerprint density at radius 3 is 2.25 bits per heavy atom. The van der Waals surface area contributed by atoms with Gasteiger partial charge in [-0.25, -0.2) is 17.6 Å². The standard InChI is InChI=1S/C14H10F4O2/c15-11-4-8(7-19)5-12(16)13(11)20-10-3-1-2-9(6-10)14(17)18/h1-6,14,19H,7H2. The first kappa shape index (κ1) is 14.3. The van der Waals surface area contributed by atoms with Crippen LogP contribution in [0.15, 0.2) is 36.4 Å². The van der Waals surface area contributed by atoms with E-state index < -0.39 is 30.4 Å². The second kappa shape index (κ2) is 5.92. The summed E-state index contributed by atoms with van der Waals surface area (Å²) in [5, 5.41) is 8.81. The molecule has 20 heavy (non-hydrogen) atoms. The fraction of sp³-hybridized carbons (Fsp3) is 0.143. The van der Waals surface area contributed by atoms with Crippen molar-refractivity contribution in [3.8, 4) is 11.5 Å². The van der Waals surface area contributed by atoms with Gasteiger partial charge < -0.3 is 9.84 Å². The summed E-state index contributed by atoms with van der Waals surface area (Å²) in [6.07, 6.45) is -2.70. The van der Waals surface area contributed by atoms with E-state index in [0.717, 1.165) is 18.2 Å². The summed E-state index contributed by atoms with van der Waals surface area (Å²) in [7, 11) is 0. The highest BCUT2D eigenvalue weighted by molar-refractivity contribution is 5.37. The Kier molecular flexibility index (Phi) is 4.24. The van der Waals surface area contributed by atoms with Crippen LogP contribution in [0.5, 0.6) is 11.5 Å². The number of ether oxygens (including phenoxy) is 1. The summed E-state index contributed by atoms with van der Waals surface area (Å²) < 4.78 is 57.2. The molecule has 0 fully saturated rings. The van der Waals surface area contributed by atoms with E-state index in [9.17, 15) is 17.6 Å². The smallest absolute Gasteiger partial charge is 0.263 e. The lowest BCUT2D eigenvalue weighted by molar-refractivity contribution is 0.151. The van der Waals surface area contributed by atoms with Crippen molar-refractivity contribution in [2.75, 3.05) is 0 Å². The third-order valence-corrected chi connectivity index (χ3v) is 2.57. The van der Waals surface area contributed by atoms with E-state index in [0.29, 0.717) is 0 Å². The third kappa shape index (κ3) is 3.08. The fourth-order valence-corrected chi connectivity index (χ4v) is 1.63. The van der Waals surface area contributed by atoms with Crippen LogP contribution in [0.4, 0.5) is 17.6 Å². The SMILES string of the molecule is OCc1cc(F)c(Oc2cccc(C(F)F)c2)c(F)c1. The van der Waals surface area contributed by atoms with Crippen LogP contribution in [-0.2, 0) is 6.61 Å². The summed E-state index contributed by atoms with van der Waals surface area (Å²) in [6, 6.07) is 6.62. The molecular weight excluding hydrogens is 276 g/mol. The number of halogens is 4. The Bertz CT molecular complexity index is 591. The Hall–Kier alpha value is -2.08. The minimum Gasteiger partial charge on any atom is -0.451 e. The van der Waals surface area contributed by atoms with Crippen LogP contribution in [0.2, 0.25) is 0 Å². The first-order chi connectivity index (χ1) is 9.51. The molecule has 0 amide bonds. The van der Waals surface area contributed by atoms with Crippen LogP contribution in [0.3, 0.4) is 0 Å². The third-order valence-electron chi connectivity index (χ3n) is 2.57. The molecule has 106 valence electrons. The number of hydrogen-bond donors (Lipinski definition) is 1. The molecule has 6 heteroatoms. The van der Waals surface area contributed by atoms with E-state index in [4.69, 9.17) is 9.84 Å². The van der Waals surface area contributed by atoms with Crippen molar-refractivity contribution < 1.29 is 27.4 Å². The van der Waals surface area contributed by atoms with Crippen molar-refractivity contribution in [1.29, 1.82) is 0 Å². The first-order valence-corrected chi connectivity index (χ1v) is 5.66. The molecule has 0 unspecified atom stereocenters. The quantitative estimate of drug-likeness (QED) is 0.854. The van der Waals surface area contributed by atoms with Crippen molar-refractivity contribution in [3.05, 3.63) is 59.2 Å². The predicted octanol–water partition coefficient (Wildman–Crippen LogP) is 4.19. The van der Waals surface area contributed by atoms with E-state index in [1.807, 2.05) is 0 Å². The molecule has 0 saturated carbocycles. The highest BCUT2D eigenvalue weighted by atomic mass is 19.3. The van der Waals surface area contributed by atoms with Crippen molar-refractivity contribution in [2.24, 2.45) is 0 Å². The van der Waals surface area contributed by atoms with Gasteiger partial charge >= 0.3 is 0 Å². The van der Waals surface area contributed by atoms with Crippen LogP contribution in [0, 0.1) is 11.6 Å². The molecule has 0 aromatic heterocycles. The lowest BCUT2D eigenvalue weighted by atomic mass is 10.2. The van der Waals surface area contributed by atoms with Gasteiger partial charge in [0.1, 0.15) is 5.75 Å². The summed E-state index contributed by atoms with van der Waals surface area (Å²) in [6.45, 7) is -0.519. The van der Waals surface area contributed by atoms with E-state index in [-0.39, 0.29) is 16.9 Å². The molecule has 0 aliphatic rings. The lowest BCUT2D eigenvalue weighted by Gasteiger charge is -2.10. The van der Waals surface area contributed by atoms with Gasteiger partial charge in [0.15, 0.2) is 17.4 Å². The zero-order chi connectivity index (χ0) is 14.7. The van der Waals surface area contributed by atoms with Crippen LogP contribution < -0.4 is 4.74 Å². The van der Waals surface area contributed by atoms with Gasteiger partial charge in [0, 0.05) is 5.56 Å². The molecule has 2 aromatic carbocycles. The van der Waals surface area contributed by atoms with E-state index in [1.165, 1.54) is 18.2 Å². The summed E-state index contributed by atoms with van der Waals surface area (Å²) in [4.78, 5) is 0. The molecule has 0 bridgehead atoms. The normalized spacial score (nSPS) is 10.9. The molecule has 0 atom stereocenters. The predicted molar refractivity (Wildman–Crippen MR) is 63.8 cm³/mol. The fourth-order valence-electron chi connectivity index (χ4n) is 1.63. The van der Waals surface area contributed by atoms with Crippen molar-refractivity contribution >= 4 is 0 Å². The topological polar surface area (TPSA) is 29.5 Å². The molecule has 0 heterocycles. The average molecular weight is 286 g/mol. The number of alkyl halides is 2. The minimum atomic E-state index is -2.70. The molecule has 0 radical (unpaired) electrons. The van der Waals surface area contributed by atoms with Gasteiger partial charge in [0.25, 0.3) is 6.43 Å². The van der Waals surface area contributed by atoms with Crippen LogP contribution in [-0.4, -0.2) is 5.11 Å². The second-order valence-electron chi connectivity index (χ2n) is 4.02. The van der Waals surface area contributed by atoms with Gasteiger partial charge in [-0.05, 0) is 29.8 Å². The Morgan fingerprint density at radius 2 is 1.70 bits per heavy atom. The highest BCUT2D eigenvalue weighted by Crippen LogP contribution is 2.30. The van der Waals surface area contributed by atoms with Gasteiger partial charge in [0.05, 0.1) is 6.61 Å². The molecule has 2 rings (SSSR count). The van der Waals surface area contributed by atoms with Crippen molar-refractivity contribution in [3.63, 3.8) is 0 Å². The molecule has 1 N–H and O–H groups in total. The van der Waals surface area contributed by atoms with Gasteiger partial charge in [-0.3, -0.25) is 0 Å². The molecule has 0 aliphatic heterocycles. The molecular formula is C14H10F4O2. The van der Waals surface area contributed by atoms with Gasteiger partial charge in [-0.1, -0.05) is 12.1 Å². The molecule has 0 saturated heterocycles. The van der Waals surface area contributed by atoms with Gasteiger partial charge in [-0.15, -0.1) is 0 Å². The second-order valence-corrected chi connectivity index (χ2v) is 4.02. The summed E-state index contributed by atoms with van der Waals surface area (Å²) in [5.74, 6) is -2.83. The van der Waals surface area contributed by atoms with Crippen LogP contribution in [0.1, 0.15) is 17.6 Å². The summed E-state index contributed by atoms with van der Waals surface area (Å²) >= 11 is 0. The van der Waals surface area contributed by atoms with Crippen molar-refractivity contribution in [1.82, 2.24) is 0 Å². The average Bonchev–Trinajstić information content (AvgIpc) is 2.42. The van der Waals surface area contributed by atoms with E-state index >= 15 is 0 Å². The maximum Gasteiger partial charge on any atom is 0.263 e. The van der Waals surface area contributed by atoms with E-state index in [2.05, 4.69) is 0 Å². The van der Waals surface area contributed by atoms with Gasteiger partial charge in [0.2, 0.25) is 0 Å². The number of aliphatic hydroxyl groups excluding tert-OH is 1. The zero-order valence-corrected chi connectivity index (χ0v) is 10.1. The molecule has 2 aromatic rings. The Morgan fingerprint density at radius 1 is 1.05 bits per heavy atom. The van der Waals surface area contributed by atoms with Gasteiger partial charge in [-0.2, -0.15) is 0 Å². The largest absolute Gasteiger partial charge is 0.451 e.